The van der Waals surface area contributed by atoms with Crippen molar-refractivity contribution >= 4 is 35.7 Å². The Balaban J connectivity index is 1.90. The fourth-order valence-electron chi connectivity index (χ4n) is 7.33. The summed E-state index contributed by atoms with van der Waals surface area (Å²) >= 11 is 0. The zero-order valence-electron chi connectivity index (χ0n) is 36.0. The quantitative estimate of drug-likeness (QED) is 0.226. The molecule has 1 aliphatic rings. The van der Waals surface area contributed by atoms with Gasteiger partial charge in [-0.25, -0.2) is 9.59 Å². The highest BCUT2D eigenvalue weighted by atomic mass is 16.6. The van der Waals surface area contributed by atoms with E-state index in [0.29, 0.717) is 19.4 Å². The molecule has 314 valence electrons. The van der Waals surface area contributed by atoms with E-state index in [2.05, 4.69) is 5.32 Å². The third-order valence-corrected chi connectivity index (χ3v) is 10.3. The first-order valence-corrected chi connectivity index (χ1v) is 20.0. The number of likely N-dealkylation sites (tertiary alicyclic amines) is 1. The van der Waals surface area contributed by atoms with Crippen molar-refractivity contribution in [2.24, 2.45) is 17.8 Å². The number of alkyl carbamates (subject to hydrolysis) is 1. The molecule has 1 aliphatic heterocycles. The first-order valence-electron chi connectivity index (χ1n) is 20.0. The van der Waals surface area contributed by atoms with Gasteiger partial charge in [0.15, 0.2) is 0 Å². The lowest BCUT2D eigenvalue weighted by atomic mass is 9.95. The summed E-state index contributed by atoms with van der Waals surface area (Å²) in [5.74, 6) is -3.34. The van der Waals surface area contributed by atoms with Gasteiger partial charge in [0, 0.05) is 34.1 Å². The van der Waals surface area contributed by atoms with Crippen molar-refractivity contribution in [3.8, 4) is 0 Å². The molecular formula is C44H65N5O8. The lowest BCUT2D eigenvalue weighted by Crippen LogP contribution is -2.62. The van der Waals surface area contributed by atoms with E-state index < -0.39 is 65.6 Å². The van der Waals surface area contributed by atoms with E-state index in [0.717, 1.165) is 11.1 Å². The predicted octanol–water partition coefficient (Wildman–Crippen LogP) is 5.31. The van der Waals surface area contributed by atoms with E-state index in [-0.39, 0.29) is 36.7 Å². The number of carbonyl (C=O) groups is 6. The van der Waals surface area contributed by atoms with Crippen molar-refractivity contribution in [3.63, 3.8) is 0 Å². The molecule has 5 amide bonds. The van der Waals surface area contributed by atoms with Gasteiger partial charge in [-0.1, -0.05) is 102 Å². The number of nitrogens with zero attached hydrogens (tertiary/aromatic N) is 4. The minimum Gasteiger partial charge on any atom is -0.459 e. The summed E-state index contributed by atoms with van der Waals surface area (Å²) in [4.78, 5) is 89.5. The molecule has 2 aromatic rings. The normalized spacial score (nSPS) is 16.4. The van der Waals surface area contributed by atoms with Crippen molar-refractivity contribution in [3.05, 3.63) is 71.8 Å². The van der Waals surface area contributed by atoms with Crippen LogP contribution in [0.2, 0.25) is 0 Å². The zero-order valence-corrected chi connectivity index (χ0v) is 36.0. The van der Waals surface area contributed by atoms with E-state index >= 15 is 0 Å². The van der Waals surface area contributed by atoms with Crippen LogP contribution in [-0.4, -0.2) is 119 Å². The van der Waals surface area contributed by atoms with Crippen molar-refractivity contribution in [2.75, 3.05) is 27.7 Å². The van der Waals surface area contributed by atoms with E-state index in [4.69, 9.17) is 9.47 Å². The maximum atomic E-state index is 14.7. The Kier molecular flexibility index (Phi) is 16.7. The van der Waals surface area contributed by atoms with Crippen molar-refractivity contribution in [2.45, 2.75) is 124 Å². The number of esters is 1. The third kappa shape index (κ3) is 12.5. The molecule has 57 heavy (non-hydrogen) atoms. The maximum Gasteiger partial charge on any atom is 0.408 e. The average molecular weight is 792 g/mol. The Labute approximate surface area is 339 Å². The molecule has 13 nitrogen and oxygen atoms in total. The number of carbonyl (C=O) groups excluding carboxylic acids is 6. The summed E-state index contributed by atoms with van der Waals surface area (Å²) in [6, 6.07) is 13.8. The van der Waals surface area contributed by atoms with Gasteiger partial charge in [-0.3, -0.25) is 19.2 Å². The molecule has 0 saturated carbocycles. The highest BCUT2D eigenvalue weighted by molar-refractivity contribution is 5.96. The van der Waals surface area contributed by atoms with Crippen LogP contribution >= 0.6 is 0 Å². The van der Waals surface area contributed by atoms with Gasteiger partial charge < -0.3 is 34.4 Å². The lowest BCUT2D eigenvalue weighted by Gasteiger charge is -2.41. The summed E-state index contributed by atoms with van der Waals surface area (Å²) in [5.41, 5.74) is 0.844. The molecule has 1 heterocycles. The van der Waals surface area contributed by atoms with Crippen LogP contribution in [0.25, 0.3) is 0 Å². The van der Waals surface area contributed by atoms with E-state index in [9.17, 15) is 28.8 Å². The molecule has 1 unspecified atom stereocenters. The summed E-state index contributed by atoms with van der Waals surface area (Å²) in [7, 11) is 4.63. The number of nitrogens with one attached hydrogen (secondary N) is 1. The fourth-order valence-corrected chi connectivity index (χ4v) is 7.33. The molecule has 5 atom stereocenters. The standard InChI is InChI=1S/C44H65N5O8/c1-28(2)35(45-43(55)57-44(7,8)9)39(51)46(10)34(26-31-20-15-13-16-21-31)38(50)47(11)36(29(3)4)40(52)48(12)37(30(5)6)41(53)49-25-19-24-33(49)42(54)56-27-32-22-17-14-18-23-32/h13-18,20-23,28-30,33-37H,19,24-27H2,1-12H3,(H,45,55)/t33-,34?,35+,36-,37-/m0/s1. The zero-order chi connectivity index (χ0) is 42.8. The van der Waals surface area contributed by atoms with Gasteiger partial charge in [0.2, 0.25) is 23.6 Å². The van der Waals surface area contributed by atoms with Gasteiger partial charge >= 0.3 is 12.1 Å². The summed E-state index contributed by atoms with van der Waals surface area (Å²) < 4.78 is 11.1. The molecular weight excluding hydrogens is 727 g/mol. The van der Waals surface area contributed by atoms with E-state index in [1.807, 2.05) is 88.4 Å². The second-order valence-corrected chi connectivity index (χ2v) is 17.1. The van der Waals surface area contributed by atoms with Crippen LogP contribution in [0.4, 0.5) is 4.79 Å². The number of ether oxygens (including phenoxy) is 2. The number of amides is 5. The number of hydrogen-bond acceptors (Lipinski definition) is 8. The SMILES string of the molecule is CC(C)[C@@H](C(=O)N(C)[C@H](C(=O)N1CCC[C@H]1C(=O)OCc1ccccc1)C(C)C)N(C)C(=O)C(Cc1ccccc1)N(C)C(=O)[C@H](NC(=O)OC(C)(C)C)C(C)C. The van der Waals surface area contributed by atoms with Crippen LogP contribution in [0.3, 0.4) is 0 Å². The summed E-state index contributed by atoms with van der Waals surface area (Å²) in [6.45, 7) is 16.5. The average Bonchev–Trinajstić information content (AvgIpc) is 3.64. The smallest absolute Gasteiger partial charge is 0.408 e. The van der Waals surface area contributed by atoms with Crippen LogP contribution in [-0.2, 0) is 46.5 Å². The molecule has 0 radical (unpaired) electrons. The molecule has 1 saturated heterocycles. The first kappa shape index (κ1) is 46.4. The number of hydrogen-bond donors (Lipinski definition) is 1. The molecule has 1 N–H and O–H groups in total. The maximum absolute atomic E-state index is 14.7. The van der Waals surface area contributed by atoms with Crippen LogP contribution in [0.15, 0.2) is 60.7 Å². The Bertz CT molecular complexity index is 1680. The second-order valence-electron chi connectivity index (χ2n) is 17.1. The second kappa shape index (κ2) is 20.5. The fraction of sp³-hybridized carbons (Fsp3) is 0.591. The minimum atomic E-state index is -1.05. The van der Waals surface area contributed by atoms with Gasteiger partial charge in [-0.05, 0) is 62.5 Å². The van der Waals surface area contributed by atoms with E-state index in [1.54, 1.807) is 48.7 Å². The number of rotatable bonds is 16. The molecule has 0 bridgehead atoms. The molecule has 3 rings (SSSR count). The van der Waals surface area contributed by atoms with Gasteiger partial charge in [-0.15, -0.1) is 0 Å². The third-order valence-electron chi connectivity index (χ3n) is 10.3. The van der Waals surface area contributed by atoms with Gasteiger partial charge in [-0.2, -0.15) is 0 Å². The molecule has 2 aromatic carbocycles. The minimum absolute atomic E-state index is 0.0884. The number of benzene rings is 2. The van der Waals surface area contributed by atoms with Gasteiger partial charge in [0.05, 0.1) is 0 Å². The first-order chi connectivity index (χ1) is 26.7. The monoisotopic (exact) mass is 791 g/mol. The highest BCUT2D eigenvalue weighted by Gasteiger charge is 2.45. The summed E-state index contributed by atoms with van der Waals surface area (Å²) in [6.07, 6.45) is 0.458. The Hall–Kier alpha value is -4.94. The van der Waals surface area contributed by atoms with Crippen LogP contribution < -0.4 is 5.32 Å². The highest BCUT2D eigenvalue weighted by Crippen LogP contribution is 2.26. The summed E-state index contributed by atoms with van der Waals surface area (Å²) in [5, 5.41) is 2.69. The molecule has 13 heteroatoms. The molecule has 0 aliphatic carbocycles. The van der Waals surface area contributed by atoms with Crippen LogP contribution in [0, 0.1) is 17.8 Å². The predicted molar refractivity (Wildman–Crippen MR) is 218 cm³/mol. The van der Waals surface area contributed by atoms with Crippen molar-refractivity contribution in [1.29, 1.82) is 0 Å². The van der Waals surface area contributed by atoms with Gasteiger partial charge in [0.25, 0.3) is 0 Å². The molecule has 0 spiro atoms. The van der Waals surface area contributed by atoms with Gasteiger partial charge in [0.1, 0.15) is 42.4 Å². The lowest BCUT2D eigenvalue weighted by molar-refractivity contribution is -0.159. The molecule has 1 fully saturated rings. The Morgan fingerprint density at radius 3 is 1.75 bits per heavy atom. The van der Waals surface area contributed by atoms with E-state index in [1.165, 1.54) is 26.6 Å². The Morgan fingerprint density at radius 2 is 1.25 bits per heavy atom. The number of likely N-dealkylation sites (N-methyl/N-ethyl adjacent to an activating group) is 3. The van der Waals surface area contributed by atoms with Crippen LogP contribution in [0.1, 0.15) is 86.3 Å². The van der Waals surface area contributed by atoms with Crippen LogP contribution in [0.5, 0.6) is 0 Å². The van der Waals surface area contributed by atoms with Crippen molar-refractivity contribution < 1.29 is 38.2 Å². The van der Waals surface area contributed by atoms with Crippen molar-refractivity contribution in [1.82, 2.24) is 24.9 Å². The largest absolute Gasteiger partial charge is 0.459 e. The Morgan fingerprint density at radius 1 is 0.719 bits per heavy atom. The molecule has 0 aromatic heterocycles. The topological polar surface area (TPSA) is 146 Å².